The summed E-state index contributed by atoms with van der Waals surface area (Å²) in [6.07, 6.45) is 1.53. The Kier molecular flexibility index (Phi) is 3.45. The van der Waals surface area contributed by atoms with Gasteiger partial charge in [0, 0.05) is 18.0 Å². The van der Waals surface area contributed by atoms with Crippen molar-refractivity contribution in [3.63, 3.8) is 0 Å². The molecule has 3 heterocycles. The molecule has 1 aromatic heterocycles. The number of hydrogen-bond donors (Lipinski definition) is 2. The van der Waals surface area contributed by atoms with E-state index in [1.165, 1.54) is 13.1 Å². The van der Waals surface area contributed by atoms with Gasteiger partial charge in [0.1, 0.15) is 13.2 Å². The van der Waals surface area contributed by atoms with E-state index in [0.717, 1.165) is 0 Å². The van der Waals surface area contributed by atoms with Crippen molar-refractivity contribution >= 4 is 23.3 Å². The number of hydrogen-bond acceptors (Lipinski definition) is 6. The largest absolute Gasteiger partial charge is 0.486 e. The summed E-state index contributed by atoms with van der Waals surface area (Å²) in [5.41, 5.74) is -1.24. The third-order valence-electron chi connectivity index (χ3n) is 3.98. The maximum absolute atomic E-state index is 12.7. The van der Waals surface area contributed by atoms with Crippen LogP contribution in [-0.4, -0.2) is 35.6 Å². The predicted molar refractivity (Wildman–Crippen MR) is 88.0 cm³/mol. The highest BCUT2D eigenvalue weighted by molar-refractivity contribution is 6.18. The zero-order chi connectivity index (χ0) is 17.4. The van der Waals surface area contributed by atoms with E-state index < -0.39 is 17.4 Å². The van der Waals surface area contributed by atoms with Gasteiger partial charge in [-0.05, 0) is 31.2 Å². The zero-order valence-corrected chi connectivity index (χ0v) is 13.4. The molecule has 0 bridgehead atoms. The molecule has 0 radical (unpaired) electrons. The molecule has 0 aliphatic carbocycles. The summed E-state index contributed by atoms with van der Waals surface area (Å²) in [6.45, 7) is 2.33. The molecular formula is C17H15N3O5. The molecule has 2 amide bonds. The third-order valence-corrected chi connectivity index (χ3v) is 3.98. The molecule has 0 saturated heterocycles. The lowest BCUT2D eigenvalue weighted by molar-refractivity contribution is -0.143. The first-order valence-corrected chi connectivity index (χ1v) is 7.73. The van der Waals surface area contributed by atoms with Crippen LogP contribution in [0.1, 0.15) is 6.92 Å². The highest BCUT2D eigenvalue weighted by atomic mass is 16.6. The van der Waals surface area contributed by atoms with Crippen LogP contribution in [0, 0.1) is 0 Å². The Hall–Kier alpha value is -3.29. The molecule has 0 spiro atoms. The Morgan fingerprint density at radius 2 is 2.00 bits per heavy atom. The number of aromatic nitrogens is 1. The molecule has 8 heteroatoms. The van der Waals surface area contributed by atoms with Gasteiger partial charge in [0.15, 0.2) is 23.1 Å². The molecule has 25 heavy (non-hydrogen) atoms. The van der Waals surface area contributed by atoms with Crippen LogP contribution in [0.15, 0.2) is 36.5 Å². The lowest BCUT2D eigenvalue weighted by Crippen LogP contribution is -2.56. The van der Waals surface area contributed by atoms with Crippen LogP contribution in [0.25, 0.3) is 0 Å². The predicted octanol–water partition coefficient (Wildman–Crippen LogP) is 1.58. The number of pyridine rings is 1. The number of anilines is 2. The van der Waals surface area contributed by atoms with Gasteiger partial charge in [0.2, 0.25) is 0 Å². The number of carbonyl (C=O) groups is 2. The molecule has 4 rings (SSSR count). The fourth-order valence-corrected chi connectivity index (χ4v) is 2.58. The second-order valence-corrected chi connectivity index (χ2v) is 5.75. The van der Waals surface area contributed by atoms with Crippen LogP contribution in [0.5, 0.6) is 17.2 Å². The summed E-state index contributed by atoms with van der Waals surface area (Å²) in [7, 11) is 0. The number of ether oxygens (including phenoxy) is 3. The Morgan fingerprint density at radius 1 is 1.20 bits per heavy atom. The van der Waals surface area contributed by atoms with Crippen molar-refractivity contribution in [1.82, 2.24) is 4.98 Å². The van der Waals surface area contributed by atoms with Crippen LogP contribution in [0.3, 0.4) is 0 Å². The minimum atomic E-state index is -1.72. The second-order valence-electron chi connectivity index (χ2n) is 5.75. The quantitative estimate of drug-likeness (QED) is 0.805. The van der Waals surface area contributed by atoms with Gasteiger partial charge in [-0.15, -0.1) is 0 Å². The van der Waals surface area contributed by atoms with E-state index >= 15 is 0 Å². The van der Waals surface area contributed by atoms with Crippen molar-refractivity contribution in [3.05, 3.63) is 36.5 Å². The molecule has 8 nitrogen and oxygen atoms in total. The Balaban J connectivity index is 1.57. The average molecular weight is 341 g/mol. The second kappa shape index (κ2) is 5.66. The highest BCUT2D eigenvalue weighted by Gasteiger charge is 2.47. The Bertz CT molecular complexity index is 869. The number of rotatable bonds is 2. The summed E-state index contributed by atoms with van der Waals surface area (Å²) in [6, 6.07) is 8.32. The molecular weight excluding hydrogens is 326 g/mol. The molecule has 2 aliphatic heterocycles. The van der Waals surface area contributed by atoms with E-state index in [4.69, 9.17) is 14.2 Å². The normalized spacial score (nSPS) is 20.8. The fourth-order valence-electron chi connectivity index (χ4n) is 2.58. The first-order valence-electron chi connectivity index (χ1n) is 7.73. The van der Waals surface area contributed by atoms with E-state index in [-0.39, 0.29) is 5.82 Å². The minimum Gasteiger partial charge on any atom is -0.486 e. The van der Waals surface area contributed by atoms with Crippen molar-refractivity contribution < 1.29 is 23.8 Å². The first-order chi connectivity index (χ1) is 12.1. The van der Waals surface area contributed by atoms with Crippen LogP contribution < -0.4 is 24.8 Å². The first kappa shape index (κ1) is 15.3. The van der Waals surface area contributed by atoms with E-state index in [1.807, 2.05) is 0 Å². The number of nitrogens with one attached hydrogen (secondary N) is 2. The number of fused-ring (bicyclic) bond motifs is 2. The average Bonchev–Trinajstić information content (AvgIpc) is 2.62. The molecule has 0 saturated carbocycles. The Morgan fingerprint density at radius 3 is 2.84 bits per heavy atom. The summed E-state index contributed by atoms with van der Waals surface area (Å²) in [4.78, 5) is 29.1. The SMILES string of the molecule is CC1(C(=O)Nc2ccc3c(c2)OCCO3)Oc2cccnc2NC1=O. The molecule has 1 unspecified atom stereocenters. The van der Waals surface area contributed by atoms with Crippen molar-refractivity contribution in [1.29, 1.82) is 0 Å². The summed E-state index contributed by atoms with van der Waals surface area (Å²) in [5.74, 6) is 0.587. The van der Waals surface area contributed by atoms with Gasteiger partial charge < -0.3 is 24.8 Å². The highest BCUT2D eigenvalue weighted by Crippen LogP contribution is 2.34. The molecule has 1 aromatic carbocycles. The summed E-state index contributed by atoms with van der Waals surface area (Å²) < 4.78 is 16.6. The van der Waals surface area contributed by atoms with Crippen molar-refractivity contribution in [2.75, 3.05) is 23.8 Å². The minimum absolute atomic E-state index is 0.289. The van der Waals surface area contributed by atoms with E-state index in [0.29, 0.717) is 36.1 Å². The molecule has 2 aliphatic rings. The van der Waals surface area contributed by atoms with Gasteiger partial charge in [0.05, 0.1) is 0 Å². The van der Waals surface area contributed by atoms with Crippen LogP contribution >= 0.6 is 0 Å². The van der Waals surface area contributed by atoms with E-state index in [2.05, 4.69) is 15.6 Å². The van der Waals surface area contributed by atoms with Gasteiger partial charge >= 0.3 is 0 Å². The van der Waals surface area contributed by atoms with Crippen LogP contribution in [-0.2, 0) is 9.59 Å². The van der Waals surface area contributed by atoms with Gasteiger partial charge in [-0.2, -0.15) is 0 Å². The number of amides is 2. The van der Waals surface area contributed by atoms with Crippen molar-refractivity contribution in [2.24, 2.45) is 0 Å². The number of benzene rings is 1. The summed E-state index contributed by atoms with van der Waals surface area (Å²) >= 11 is 0. The topological polar surface area (TPSA) is 98.8 Å². The van der Waals surface area contributed by atoms with E-state index in [1.54, 1.807) is 30.3 Å². The summed E-state index contributed by atoms with van der Waals surface area (Å²) in [5, 5.41) is 5.27. The Labute approximate surface area is 143 Å². The number of nitrogens with zero attached hydrogens (tertiary/aromatic N) is 1. The molecule has 0 fully saturated rings. The molecule has 128 valence electrons. The van der Waals surface area contributed by atoms with Crippen molar-refractivity contribution in [3.8, 4) is 17.2 Å². The maximum Gasteiger partial charge on any atom is 0.279 e. The van der Waals surface area contributed by atoms with Crippen molar-refractivity contribution in [2.45, 2.75) is 12.5 Å². The third kappa shape index (κ3) is 2.61. The zero-order valence-electron chi connectivity index (χ0n) is 13.4. The lowest BCUT2D eigenvalue weighted by atomic mass is 10.0. The van der Waals surface area contributed by atoms with Gasteiger partial charge in [0.25, 0.3) is 17.4 Å². The molecule has 1 atom stereocenters. The lowest BCUT2D eigenvalue weighted by Gasteiger charge is -2.32. The number of carbonyl (C=O) groups excluding carboxylic acids is 2. The van der Waals surface area contributed by atoms with Gasteiger partial charge in [-0.3, -0.25) is 9.59 Å². The smallest absolute Gasteiger partial charge is 0.279 e. The fraction of sp³-hybridized carbons (Fsp3) is 0.235. The molecule has 2 aromatic rings. The van der Waals surface area contributed by atoms with Gasteiger partial charge in [-0.1, -0.05) is 0 Å². The standard InChI is InChI=1S/C17H15N3O5/c1-17(16(22)20-14-12(25-17)3-2-6-18-14)15(21)19-10-4-5-11-13(9-10)24-8-7-23-11/h2-6,9H,7-8H2,1H3,(H,19,21)(H,18,20,22). The van der Waals surface area contributed by atoms with Crippen LogP contribution in [0.2, 0.25) is 0 Å². The van der Waals surface area contributed by atoms with Crippen LogP contribution in [0.4, 0.5) is 11.5 Å². The maximum atomic E-state index is 12.7. The monoisotopic (exact) mass is 341 g/mol. The molecule has 2 N–H and O–H groups in total. The van der Waals surface area contributed by atoms with Gasteiger partial charge in [-0.25, -0.2) is 4.98 Å². The van der Waals surface area contributed by atoms with E-state index in [9.17, 15) is 9.59 Å².